The van der Waals surface area contributed by atoms with Crippen LogP contribution in [0.3, 0.4) is 0 Å². The first-order valence-corrected chi connectivity index (χ1v) is 8.72. The summed E-state index contributed by atoms with van der Waals surface area (Å²) in [7, 11) is 0. The van der Waals surface area contributed by atoms with Crippen LogP contribution in [0.25, 0.3) is 0 Å². The summed E-state index contributed by atoms with van der Waals surface area (Å²) in [5.74, 6) is -2.19. The fourth-order valence-corrected chi connectivity index (χ4v) is 3.28. The maximum Gasteiger partial charge on any atom is 0.387 e. The summed E-state index contributed by atoms with van der Waals surface area (Å²) in [5.41, 5.74) is 0.948. The first-order chi connectivity index (χ1) is 13.3. The predicted octanol–water partition coefficient (Wildman–Crippen LogP) is 4.50. The van der Waals surface area contributed by atoms with E-state index in [9.17, 15) is 18.4 Å². The number of rotatable bonds is 5. The molecule has 0 bridgehead atoms. The maximum absolute atomic E-state index is 12.6. The number of aliphatic carboxylic acids is 1. The number of carboxylic acids is 1. The van der Waals surface area contributed by atoms with Gasteiger partial charge in [0.25, 0.3) is 5.91 Å². The lowest BCUT2D eigenvalue weighted by Gasteiger charge is -2.23. The van der Waals surface area contributed by atoms with E-state index in [4.69, 9.17) is 33.0 Å². The van der Waals surface area contributed by atoms with Crippen molar-refractivity contribution in [2.75, 3.05) is 5.32 Å². The molecule has 0 fully saturated rings. The lowest BCUT2D eigenvalue weighted by Crippen LogP contribution is -2.31. The Bertz CT molecular complexity index is 925. The van der Waals surface area contributed by atoms with Crippen molar-refractivity contribution in [3.8, 4) is 5.75 Å². The van der Waals surface area contributed by atoms with Crippen LogP contribution in [0, 0.1) is 0 Å². The molecule has 1 aliphatic rings. The third kappa shape index (κ3) is 4.35. The third-order valence-electron chi connectivity index (χ3n) is 4.00. The second kappa shape index (κ2) is 8.30. The summed E-state index contributed by atoms with van der Waals surface area (Å²) in [4.78, 5) is 23.5. The van der Waals surface area contributed by atoms with Crippen molar-refractivity contribution in [3.63, 3.8) is 0 Å². The number of carbonyl (C=O) groups excluding carboxylic acids is 1. The Balaban J connectivity index is 2.12. The molecule has 3 rings (SSSR count). The average Bonchev–Trinajstić information content (AvgIpc) is 2.73. The van der Waals surface area contributed by atoms with Gasteiger partial charge in [-0.2, -0.15) is 8.78 Å². The molecule has 2 aromatic rings. The number of nitrogens with one attached hydrogen (secondary N) is 1. The Kier molecular flexibility index (Phi) is 6.02. The fraction of sp³-hybridized carbons (Fsp3) is 0.222. The van der Waals surface area contributed by atoms with Gasteiger partial charge in [-0.05, 0) is 24.3 Å². The van der Waals surface area contributed by atoms with Gasteiger partial charge in [0.1, 0.15) is 18.0 Å². The van der Waals surface area contributed by atoms with Crippen LogP contribution in [0.1, 0.15) is 23.7 Å². The number of halogens is 4. The molecule has 2 unspecified atom stereocenters. The third-order valence-corrected chi connectivity index (χ3v) is 4.64. The van der Waals surface area contributed by atoms with Crippen LogP contribution in [0.15, 0.2) is 36.4 Å². The highest BCUT2D eigenvalue weighted by molar-refractivity contribution is 6.33. The van der Waals surface area contributed by atoms with Crippen molar-refractivity contribution >= 4 is 40.8 Å². The highest BCUT2D eigenvalue weighted by atomic mass is 35.5. The van der Waals surface area contributed by atoms with Crippen molar-refractivity contribution in [1.82, 2.24) is 0 Å². The Hall–Kier alpha value is -2.42. The summed E-state index contributed by atoms with van der Waals surface area (Å²) in [5, 5.41) is 11.8. The van der Waals surface area contributed by atoms with Gasteiger partial charge in [-0.1, -0.05) is 35.3 Å². The largest absolute Gasteiger partial charge is 0.481 e. The second-order valence-corrected chi connectivity index (χ2v) is 6.68. The molecule has 1 amide bonds. The molecular formula is C18H13Cl2F2NO5. The van der Waals surface area contributed by atoms with E-state index in [0.29, 0.717) is 16.3 Å². The minimum atomic E-state index is -3.09. The van der Waals surface area contributed by atoms with Gasteiger partial charge in [-0.15, -0.1) is 0 Å². The normalized spacial score (nSPS) is 19.0. The summed E-state index contributed by atoms with van der Waals surface area (Å²) >= 11 is 12.3. The number of ether oxygens (including phenoxy) is 2. The predicted molar refractivity (Wildman–Crippen MR) is 97.1 cm³/mol. The van der Waals surface area contributed by atoms with E-state index in [2.05, 4.69) is 10.1 Å². The first kappa shape index (κ1) is 20.3. The van der Waals surface area contributed by atoms with Crippen LogP contribution in [0.5, 0.6) is 5.75 Å². The highest BCUT2D eigenvalue weighted by Crippen LogP contribution is 2.42. The zero-order valence-corrected chi connectivity index (χ0v) is 15.5. The summed E-state index contributed by atoms with van der Waals surface area (Å²) < 4.78 is 35.4. The Morgan fingerprint density at radius 3 is 2.68 bits per heavy atom. The standard InChI is InChI=1S/C18H13Cl2F2NO5/c19-8-4-5-11-10(6-8)16(27-13(7-14(24)25)17(26)23-11)9-2-1-3-12(15(9)20)28-18(21)22/h1-6,13,16,18H,7H2,(H,23,26)(H,24,25). The number of hydrogen-bond acceptors (Lipinski definition) is 4. The molecule has 2 aromatic carbocycles. The van der Waals surface area contributed by atoms with Crippen molar-refractivity contribution in [2.24, 2.45) is 0 Å². The van der Waals surface area contributed by atoms with Crippen LogP contribution in [-0.2, 0) is 14.3 Å². The lowest BCUT2D eigenvalue weighted by atomic mass is 9.99. The Morgan fingerprint density at radius 2 is 2.00 bits per heavy atom. The molecule has 2 N–H and O–H groups in total. The highest BCUT2D eigenvalue weighted by Gasteiger charge is 2.34. The van der Waals surface area contributed by atoms with E-state index in [0.717, 1.165) is 0 Å². The molecule has 1 aliphatic heterocycles. The SMILES string of the molecule is O=C(O)CC1OC(c2cccc(OC(F)F)c2Cl)c2cc(Cl)ccc2NC1=O. The Labute approximate surface area is 168 Å². The molecule has 0 aromatic heterocycles. The maximum atomic E-state index is 12.6. The summed E-state index contributed by atoms with van der Waals surface area (Å²) in [6, 6.07) is 8.77. The average molecular weight is 432 g/mol. The topological polar surface area (TPSA) is 84.9 Å². The van der Waals surface area contributed by atoms with Crippen LogP contribution >= 0.6 is 23.2 Å². The van der Waals surface area contributed by atoms with Gasteiger partial charge < -0.3 is 19.9 Å². The molecule has 148 valence electrons. The van der Waals surface area contributed by atoms with Crippen molar-refractivity contribution in [1.29, 1.82) is 0 Å². The van der Waals surface area contributed by atoms with Crippen LogP contribution in [-0.4, -0.2) is 29.7 Å². The molecule has 28 heavy (non-hydrogen) atoms. The van der Waals surface area contributed by atoms with Gasteiger partial charge in [-0.25, -0.2) is 0 Å². The van der Waals surface area contributed by atoms with Gasteiger partial charge in [0, 0.05) is 21.8 Å². The molecule has 1 heterocycles. The number of amides is 1. The van der Waals surface area contributed by atoms with Gasteiger partial charge in [0.05, 0.1) is 11.4 Å². The quantitative estimate of drug-likeness (QED) is 0.727. The molecular weight excluding hydrogens is 419 g/mol. The fourth-order valence-electron chi connectivity index (χ4n) is 2.83. The number of benzene rings is 2. The van der Waals surface area contributed by atoms with E-state index in [1.165, 1.54) is 36.4 Å². The number of fused-ring (bicyclic) bond motifs is 1. The summed E-state index contributed by atoms with van der Waals surface area (Å²) in [6.07, 6.45) is -3.00. The molecule has 10 heteroatoms. The molecule has 0 saturated heterocycles. The van der Waals surface area contributed by atoms with E-state index >= 15 is 0 Å². The smallest absolute Gasteiger partial charge is 0.387 e. The van der Waals surface area contributed by atoms with Gasteiger partial charge in [0.2, 0.25) is 0 Å². The van der Waals surface area contributed by atoms with Crippen LogP contribution in [0.2, 0.25) is 10.0 Å². The number of alkyl halides is 2. The van der Waals surface area contributed by atoms with E-state index in [1.54, 1.807) is 0 Å². The van der Waals surface area contributed by atoms with Crippen molar-refractivity contribution in [2.45, 2.75) is 25.2 Å². The van der Waals surface area contributed by atoms with Gasteiger partial charge in [0.15, 0.2) is 0 Å². The molecule has 0 saturated carbocycles. The first-order valence-electron chi connectivity index (χ1n) is 7.97. The summed E-state index contributed by atoms with van der Waals surface area (Å²) in [6.45, 7) is -3.09. The van der Waals surface area contributed by atoms with E-state index in [1.807, 2.05) is 0 Å². The minimum absolute atomic E-state index is 0.151. The monoisotopic (exact) mass is 431 g/mol. The zero-order chi connectivity index (χ0) is 20.4. The van der Waals surface area contributed by atoms with Crippen molar-refractivity contribution in [3.05, 3.63) is 57.6 Å². The van der Waals surface area contributed by atoms with Crippen molar-refractivity contribution < 1.29 is 33.0 Å². The second-order valence-electron chi connectivity index (χ2n) is 5.86. The lowest BCUT2D eigenvalue weighted by molar-refractivity contribution is -0.146. The van der Waals surface area contributed by atoms with E-state index < -0.39 is 37.1 Å². The number of carboxylic acid groups (broad SMARTS) is 1. The van der Waals surface area contributed by atoms with Gasteiger partial charge in [-0.3, -0.25) is 9.59 Å². The molecule has 2 atom stereocenters. The van der Waals surface area contributed by atoms with Gasteiger partial charge >= 0.3 is 12.6 Å². The number of hydrogen-bond donors (Lipinski definition) is 2. The molecule has 0 radical (unpaired) electrons. The zero-order valence-electron chi connectivity index (χ0n) is 14.0. The molecule has 0 aliphatic carbocycles. The minimum Gasteiger partial charge on any atom is -0.481 e. The molecule has 6 nitrogen and oxygen atoms in total. The van der Waals surface area contributed by atoms with E-state index in [-0.39, 0.29) is 16.3 Å². The number of anilines is 1. The molecule has 0 spiro atoms. The number of carbonyl (C=O) groups is 2. The Morgan fingerprint density at radius 1 is 1.25 bits per heavy atom. The van der Waals surface area contributed by atoms with Crippen LogP contribution in [0.4, 0.5) is 14.5 Å². The van der Waals surface area contributed by atoms with Crippen LogP contribution < -0.4 is 10.1 Å².